The summed E-state index contributed by atoms with van der Waals surface area (Å²) in [5.41, 5.74) is 0.276. The molecule has 1 N–H and O–H groups in total. The van der Waals surface area contributed by atoms with Gasteiger partial charge in [0.15, 0.2) is 5.82 Å². The molecule has 3 rings (SSSR count). The van der Waals surface area contributed by atoms with Gasteiger partial charge in [0.05, 0.1) is 18.1 Å². The number of rotatable bonds is 3. The molecule has 22 heavy (non-hydrogen) atoms. The normalized spacial score (nSPS) is 18.8. The topological polar surface area (TPSA) is 54.9 Å². The lowest BCUT2D eigenvalue weighted by atomic mass is 10.1. The molecule has 4 nitrogen and oxygen atoms in total. The summed E-state index contributed by atoms with van der Waals surface area (Å²) in [6.07, 6.45) is 3.50. The van der Waals surface area contributed by atoms with E-state index in [1.807, 2.05) is 13.8 Å². The van der Waals surface area contributed by atoms with Gasteiger partial charge in [-0.3, -0.25) is 9.78 Å². The van der Waals surface area contributed by atoms with E-state index in [-0.39, 0.29) is 28.5 Å². The number of hydrogen-bond acceptors (Lipinski definition) is 3. The number of hydrogen-bond donors (Lipinski definition) is 1. The Labute approximate surface area is 126 Å². The summed E-state index contributed by atoms with van der Waals surface area (Å²) in [5, 5.41) is 2.68. The molecule has 1 amide bonds. The maximum Gasteiger partial charge on any atom is 0.229 e. The van der Waals surface area contributed by atoms with Crippen LogP contribution in [0, 0.1) is 23.0 Å². The van der Waals surface area contributed by atoms with Crippen LogP contribution in [0.1, 0.15) is 20.3 Å². The zero-order chi connectivity index (χ0) is 15.9. The van der Waals surface area contributed by atoms with E-state index in [4.69, 9.17) is 0 Å². The van der Waals surface area contributed by atoms with Crippen LogP contribution in [0.2, 0.25) is 0 Å². The fourth-order valence-corrected chi connectivity index (χ4v) is 2.35. The first kappa shape index (κ1) is 14.6. The van der Waals surface area contributed by atoms with E-state index >= 15 is 0 Å². The summed E-state index contributed by atoms with van der Waals surface area (Å²) in [5.74, 6) is -0.939. The molecule has 0 saturated heterocycles. The first-order valence-corrected chi connectivity index (χ1v) is 6.95. The van der Waals surface area contributed by atoms with Crippen LogP contribution in [-0.2, 0) is 4.79 Å². The lowest BCUT2D eigenvalue weighted by Crippen LogP contribution is -2.17. The molecule has 1 heterocycles. The quantitative estimate of drug-likeness (QED) is 0.945. The third-order valence-electron chi connectivity index (χ3n) is 3.94. The molecule has 0 spiro atoms. The van der Waals surface area contributed by atoms with Crippen molar-refractivity contribution in [2.75, 3.05) is 5.32 Å². The van der Waals surface area contributed by atoms with Gasteiger partial charge in [-0.25, -0.2) is 13.8 Å². The van der Waals surface area contributed by atoms with Crippen molar-refractivity contribution in [2.24, 2.45) is 11.3 Å². The van der Waals surface area contributed by atoms with E-state index in [0.29, 0.717) is 5.82 Å². The lowest BCUT2D eigenvalue weighted by Gasteiger charge is -2.07. The highest BCUT2D eigenvalue weighted by Crippen LogP contribution is 2.51. The molecule has 114 valence electrons. The Kier molecular flexibility index (Phi) is 3.39. The van der Waals surface area contributed by atoms with Crippen LogP contribution in [0.15, 0.2) is 30.6 Å². The molecule has 1 unspecified atom stereocenters. The fraction of sp³-hybridized carbons (Fsp3) is 0.312. The Balaban J connectivity index is 1.76. The van der Waals surface area contributed by atoms with Gasteiger partial charge in [-0.05, 0) is 30.0 Å². The van der Waals surface area contributed by atoms with Gasteiger partial charge in [-0.2, -0.15) is 0 Å². The van der Waals surface area contributed by atoms with Gasteiger partial charge in [0.1, 0.15) is 11.6 Å². The average Bonchev–Trinajstić information content (AvgIpc) is 3.12. The van der Waals surface area contributed by atoms with Crippen LogP contribution in [0.25, 0.3) is 11.3 Å². The van der Waals surface area contributed by atoms with Crippen LogP contribution in [0.4, 0.5) is 14.6 Å². The zero-order valence-electron chi connectivity index (χ0n) is 12.2. The molecule has 2 aromatic rings. The molecule has 0 radical (unpaired) electrons. The number of nitrogens with one attached hydrogen (secondary N) is 1. The third-order valence-corrected chi connectivity index (χ3v) is 3.94. The number of carbonyl (C=O) groups is 1. The predicted octanol–water partition coefficient (Wildman–Crippen LogP) is 3.41. The second-order valence-corrected chi connectivity index (χ2v) is 6.15. The largest absolute Gasteiger partial charge is 0.309 e. The molecule has 1 aromatic carbocycles. The number of amides is 1. The van der Waals surface area contributed by atoms with E-state index in [1.165, 1.54) is 12.4 Å². The van der Waals surface area contributed by atoms with E-state index in [9.17, 15) is 13.6 Å². The van der Waals surface area contributed by atoms with Crippen LogP contribution >= 0.6 is 0 Å². The number of nitrogens with zero attached hydrogens (tertiary/aromatic N) is 2. The van der Waals surface area contributed by atoms with Crippen molar-refractivity contribution in [1.29, 1.82) is 0 Å². The molecule has 0 aliphatic heterocycles. The van der Waals surface area contributed by atoms with Crippen LogP contribution in [0.5, 0.6) is 0 Å². The predicted molar refractivity (Wildman–Crippen MR) is 77.9 cm³/mol. The minimum atomic E-state index is -0.577. The van der Waals surface area contributed by atoms with Crippen LogP contribution in [0.3, 0.4) is 0 Å². The maximum absolute atomic E-state index is 13.7. The van der Waals surface area contributed by atoms with Gasteiger partial charge in [0, 0.05) is 11.5 Å². The number of aromatic nitrogens is 2. The standard InChI is InChI=1S/C16H15F2N3O/c1-16(2)6-11(16)15(22)21-14-8-19-13(7-20-14)10-5-9(17)3-4-12(10)18/h3-5,7-8,11H,6H2,1-2H3,(H,20,21,22). The van der Waals surface area contributed by atoms with E-state index in [0.717, 1.165) is 24.6 Å². The highest BCUT2D eigenvalue weighted by atomic mass is 19.1. The molecule has 1 fully saturated rings. The molecule has 1 saturated carbocycles. The van der Waals surface area contributed by atoms with E-state index < -0.39 is 11.6 Å². The molecule has 6 heteroatoms. The monoisotopic (exact) mass is 303 g/mol. The summed E-state index contributed by atoms with van der Waals surface area (Å²) in [6, 6.07) is 3.14. The molecule has 1 aliphatic rings. The Morgan fingerprint density at radius 2 is 2.00 bits per heavy atom. The second-order valence-electron chi connectivity index (χ2n) is 6.15. The smallest absolute Gasteiger partial charge is 0.229 e. The van der Waals surface area contributed by atoms with Crippen LogP contribution in [-0.4, -0.2) is 15.9 Å². The zero-order valence-corrected chi connectivity index (χ0v) is 12.2. The number of benzene rings is 1. The minimum absolute atomic E-state index is 0.0189. The fourth-order valence-electron chi connectivity index (χ4n) is 2.35. The number of carbonyl (C=O) groups excluding carboxylic acids is 1. The van der Waals surface area contributed by atoms with Gasteiger partial charge in [0.2, 0.25) is 5.91 Å². The highest BCUT2D eigenvalue weighted by molar-refractivity contribution is 5.94. The summed E-state index contributed by atoms with van der Waals surface area (Å²) < 4.78 is 26.8. The second kappa shape index (κ2) is 5.12. The van der Waals surface area contributed by atoms with E-state index in [2.05, 4.69) is 15.3 Å². The molecular weight excluding hydrogens is 288 g/mol. The van der Waals surface area contributed by atoms with Crippen molar-refractivity contribution >= 4 is 11.7 Å². The van der Waals surface area contributed by atoms with Crippen molar-refractivity contribution in [3.05, 3.63) is 42.2 Å². The summed E-state index contributed by atoms with van der Waals surface area (Å²) in [6.45, 7) is 4.05. The Morgan fingerprint density at radius 1 is 1.27 bits per heavy atom. The first-order chi connectivity index (χ1) is 10.4. The Hall–Kier alpha value is -2.37. The third kappa shape index (κ3) is 2.81. The molecule has 0 bridgehead atoms. The minimum Gasteiger partial charge on any atom is -0.309 e. The molecule has 1 aromatic heterocycles. The van der Waals surface area contributed by atoms with Crippen molar-refractivity contribution in [3.8, 4) is 11.3 Å². The van der Waals surface area contributed by atoms with E-state index in [1.54, 1.807) is 0 Å². The Morgan fingerprint density at radius 3 is 2.59 bits per heavy atom. The summed E-state index contributed by atoms with van der Waals surface area (Å²) >= 11 is 0. The van der Waals surface area contributed by atoms with Crippen molar-refractivity contribution < 1.29 is 13.6 Å². The highest BCUT2D eigenvalue weighted by Gasteiger charge is 2.50. The van der Waals surface area contributed by atoms with Gasteiger partial charge >= 0.3 is 0 Å². The molecule has 1 atom stereocenters. The SMILES string of the molecule is CC1(C)CC1C(=O)Nc1cnc(-c2cc(F)ccc2F)cn1. The van der Waals surface area contributed by atoms with Crippen LogP contribution < -0.4 is 5.32 Å². The summed E-state index contributed by atoms with van der Waals surface area (Å²) in [4.78, 5) is 20.0. The van der Waals surface area contributed by atoms with Crippen molar-refractivity contribution in [3.63, 3.8) is 0 Å². The Bertz CT molecular complexity index is 729. The summed E-state index contributed by atoms with van der Waals surface area (Å²) in [7, 11) is 0. The number of anilines is 1. The maximum atomic E-state index is 13.7. The van der Waals surface area contributed by atoms with Crippen molar-refractivity contribution in [2.45, 2.75) is 20.3 Å². The average molecular weight is 303 g/mol. The van der Waals surface area contributed by atoms with Gasteiger partial charge < -0.3 is 5.32 Å². The lowest BCUT2D eigenvalue weighted by molar-refractivity contribution is -0.118. The van der Waals surface area contributed by atoms with Crippen molar-refractivity contribution in [1.82, 2.24) is 9.97 Å². The molecule has 1 aliphatic carbocycles. The first-order valence-electron chi connectivity index (χ1n) is 6.95. The van der Waals surface area contributed by atoms with Gasteiger partial charge in [0.25, 0.3) is 0 Å². The van der Waals surface area contributed by atoms with Gasteiger partial charge in [-0.1, -0.05) is 13.8 Å². The number of halogens is 2. The van der Waals surface area contributed by atoms with Gasteiger partial charge in [-0.15, -0.1) is 0 Å². The molecular formula is C16H15F2N3O.